The van der Waals surface area contributed by atoms with E-state index in [1.54, 1.807) is 0 Å². The summed E-state index contributed by atoms with van der Waals surface area (Å²) in [5.41, 5.74) is -6.53. The second-order valence-electron chi connectivity index (χ2n) is 4.21. The van der Waals surface area contributed by atoms with Gasteiger partial charge in [0.2, 0.25) is 0 Å². The van der Waals surface area contributed by atoms with Crippen LogP contribution in [-0.2, 0) is 25.0 Å². The molecule has 1 N–H and O–H groups in total. The number of halogens is 3. The van der Waals surface area contributed by atoms with Crippen molar-refractivity contribution in [2.45, 2.75) is 24.8 Å². The number of anilines is 1. The highest BCUT2D eigenvalue weighted by Gasteiger charge is 2.46. The molecule has 0 unspecified atom stereocenters. The van der Waals surface area contributed by atoms with Crippen LogP contribution in [0.15, 0.2) is 5.38 Å². The molecule has 1 heterocycles. The number of alkyl halides is 3. The molecule has 0 amide bonds. The van der Waals surface area contributed by atoms with Gasteiger partial charge in [-0.05, 0) is 13.8 Å². The molecule has 0 fully saturated rings. The van der Waals surface area contributed by atoms with Crippen LogP contribution in [0.1, 0.15) is 19.5 Å². The number of nitrogens with one attached hydrogen (secondary N) is 1. The van der Waals surface area contributed by atoms with Crippen LogP contribution in [-0.4, -0.2) is 32.0 Å². The Morgan fingerprint density at radius 1 is 1.40 bits per heavy atom. The molecule has 20 heavy (non-hydrogen) atoms. The zero-order chi connectivity index (χ0) is 15.8. The van der Waals surface area contributed by atoms with Crippen molar-refractivity contribution in [3.05, 3.63) is 11.1 Å². The summed E-state index contributed by atoms with van der Waals surface area (Å²) in [6, 6.07) is 0. The number of aromatic nitrogens is 1. The third kappa shape index (κ3) is 3.20. The van der Waals surface area contributed by atoms with Crippen LogP contribution >= 0.6 is 11.3 Å². The summed E-state index contributed by atoms with van der Waals surface area (Å²) in [4.78, 5) is 15.2. The van der Waals surface area contributed by atoms with E-state index in [9.17, 15) is 26.4 Å². The van der Waals surface area contributed by atoms with Gasteiger partial charge in [0.05, 0.1) is 12.8 Å². The van der Waals surface area contributed by atoms with Gasteiger partial charge in [-0.25, -0.2) is 4.98 Å². The third-order valence-corrected chi connectivity index (χ3v) is 4.33. The number of hydrogen-bond donors (Lipinski definition) is 1. The molecule has 0 saturated carbocycles. The van der Waals surface area contributed by atoms with Gasteiger partial charge in [0.1, 0.15) is 5.41 Å². The minimum Gasteiger partial charge on any atom is -0.468 e. The fourth-order valence-corrected chi connectivity index (χ4v) is 2.77. The third-order valence-electron chi connectivity index (χ3n) is 2.37. The molecule has 1 aromatic rings. The van der Waals surface area contributed by atoms with Crippen LogP contribution in [0.2, 0.25) is 0 Å². The highest BCUT2D eigenvalue weighted by molar-refractivity contribution is 7.93. The van der Waals surface area contributed by atoms with Crippen molar-refractivity contribution in [1.82, 2.24) is 4.98 Å². The lowest BCUT2D eigenvalue weighted by atomic mass is 9.90. The second-order valence-corrected chi connectivity index (χ2v) is 6.74. The van der Waals surface area contributed by atoms with E-state index >= 15 is 0 Å². The van der Waals surface area contributed by atoms with Crippen molar-refractivity contribution < 1.29 is 31.1 Å². The molecule has 0 radical (unpaired) electrons. The Morgan fingerprint density at radius 3 is 2.40 bits per heavy atom. The number of rotatable bonds is 4. The van der Waals surface area contributed by atoms with Gasteiger partial charge in [0.25, 0.3) is 0 Å². The average Bonchev–Trinajstić information content (AvgIpc) is 2.74. The topological polar surface area (TPSA) is 85.4 Å². The lowest BCUT2D eigenvalue weighted by molar-refractivity contribution is -0.146. The SMILES string of the molecule is COC(=O)C(C)(C)c1csc(NS(=O)(=O)C(F)(F)F)n1. The van der Waals surface area contributed by atoms with E-state index in [0.29, 0.717) is 11.3 Å². The standard InChI is InChI=1S/C9H11F3N2O4S2/c1-8(2,6(15)18-3)5-4-19-7(13-5)14-20(16,17)9(10,11)12/h4H,1-3H3,(H,13,14). The largest absolute Gasteiger partial charge is 0.516 e. The van der Waals surface area contributed by atoms with Crippen molar-refractivity contribution in [1.29, 1.82) is 0 Å². The first kappa shape index (κ1) is 16.7. The van der Waals surface area contributed by atoms with E-state index in [1.165, 1.54) is 23.9 Å². The molecule has 0 spiro atoms. The summed E-state index contributed by atoms with van der Waals surface area (Å²) in [5, 5.41) is 0.805. The van der Waals surface area contributed by atoms with Crippen molar-refractivity contribution in [3.63, 3.8) is 0 Å². The highest BCUT2D eigenvalue weighted by atomic mass is 32.2. The summed E-state index contributed by atoms with van der Waals surface area (Å²) in [7, 11) is -4.37. The highest BCUT2D eigenvalue weighted by Crippen LogP contribution is 2.31. The molecule has 1 aromatic heterocycles. The molecule has 114 valence electrons. The van der Waals surface area contributed by atoms with Crippen LogP contribution in [0.25, 0.3) is 0 Å². The lowest BCUT2D eigenvalue weighted by Crippen LogP contribution is -2.31. The monoisotopic (exact) mass is 332 g/mol. The predicted octanol–water partition coefficient (Wildman–Crippen LogP) is 1.86. The quantitative estimate of drug-likeness (QED) is 0.851. The number of esters is 1. The molecular formula is C9H11F3N2O4S2. The molecule has 1 rings (SSSR count). The van der Waals surface area contributed by atoms with E-state index in [-0.39, 0.29) is 5.69 Å². The summed E-state index contributed by atoms with van der Waals surface area (Å²) in [5.74, 6) is -0.645. The fraction of sp³-hybridized carbons (Fsp3) is 0.556. The van der Waals surface area contributed by atoms with Crippen molar-refractivity contribution in [3.8, 4) is 0 Å². The van der Waals surface area contributed by atoms with Gasteiger partial charge in [-0.3, -0.25) is 9.52 Å². The Bertz CT molecular complexity index is 607. The molecular weight excluding hydrogens is 321 g/mol. The van der Waals surface area contributed by atoms with Crippen LogP contribution in [0.3, 0.4) is 0 Å². The molecule has 0 aliphatic rings. The maximum absolute atomic E-state index is 12.2. The average molecular weight is 332 g/mol. The molecule has 0 saturated heterocycles. The Morgan fingerprint density at radius 2 is 1.95 bits per heavy atom. The Labute approximate surface area is 117 Å². The number of ether oxygens (including phenoxy) is 1. The molecule has 0 aliphatic carbocycles. The normalized spacial score (nSPS) is 13.1. The summed E-state index contributed by atoms with van der Waals surface area (Å²) < 4.78 is 64.3. The zero-order valence-electron chi connectivity index (χ0n) is 10.6. The zero-order valence-corrected chi connectivity index (χ0v) is 12.2. The van der Waals surface area contributed by atoms with Gasteiger partial charge in [-0.15, -0.1) is 11.3 Å². The van der Waals surface area contributed by atoms with Crippen LogP contribution in [0.5, 0.6) is 0 Å². The van der Waals surface area contributed by atoms with Crippen molar-refractivity contribution in [2.24, 2.45) is 0 Å². The van der Waals surface area contributed by atoms with Gasteiger partial charge in [-0.1, -0.05) is 0 Å². The molecule has 6 nitrogen and oxygen atoms in total. The van der Waals surface area contributed by atoms with Crippen LogP contribution < -0.4 is 4.72 Å². The maximum Gasteiger partial charge on any atom is 0.516 e. The molecule has 11 heteroatoms. The minimum absolute atomic E-state index is 0.106. The molecule has 0 bridgehead atoms. The first-order valence-corrected chi connectivity index (χ1v) is 7.41. The minimum atomic E-state index is -5.53. The van der Waals surface area contributed by atoms with Crippen LogP contribution in [0, 0.1) is 0 Å². The number of carbonyl (C=O) groups is 1. The summed E-state index contributed by atoms with van der Waals surface area (Å²) >= 11 is 0.638. The smallest absolute Gasteiger partial charge is 0.468 e. The van der Waals surface area contributed by atoms with E-state index in [1.807, 2.05) is 0 Å². The number of nitrogens with zero attached hydrogens (tertiary/aromatic N) is 1. The van der Waals surface area contributed by atoms with Gasteiger partial charge in [0, 0.05) is 5.38 Å². The number of carbonyl (C=O) groups excluding carboxylic acids is 1. The van der Waals surface area contributed by atoms with Gasteiger partial charge >= 0.3 is 21.5 Å². The second kappa shape index (κ2) is 5.20. The van der Waals surface area contributed by atoms with Gasteiger partial charge in [-0.2, -0.15) is 21.6 Å². The number of thiazole rings is 1. The fourth-order valence-electron chi connectivity index (χ4n) is 1.14. The predicted molar refractivity (Wildman–Crippen MR) is 65.8 cm³/mol. The van der Waals surface area contributed by atoms with Crippen LogP contribution in [0.4, 0.5) is 18.3 Å². The number of sulfonamides is 1. The lowest BCUT2D eigenvalue weighted by Gasteiger charge is -2.18. The van der Waals surface area contributed by atoms with E-state index < -0.39 is 32.0 Å². The summed E-state index contributed by atoms with van der Waals surface area (Å²) in [6.45, 7) is 2.91. The Balaban J connectivity index is 3.03. The Hall–Kier alpha value is -1.36. The first-order chi connectivity index (χ1) is 8.91. The maximum atomic E-state index is 12.2. The van der Waals surface area contributed by atoms with E-state index in [2.05, 4.69) is 9.72 Å². The number of hydrogen-bond acceptors (Lipinski definition) is 6. The van der Waals surface area contributed by atoms with E-state index in [4.69, 9.17) is 0 Å². The number of methoxy groups -OCH3 is 1. The van der Waals surface area contributed by atoms with Crippen molar-refractivity contribution >= 4 is 32.5 Å². The van der Waals surface area contributed by atoms with E-state index in [0.717, 1.165) is 7.11 Å². The molecule has 0 atom stereocenters. The molecule has 0 aliphatic heterocycles. The first-order valence-electron chi connectivity index (χ1n) is 5.05. The summed E-state index contributed by atoms with van der Waals surface area (Å²) in [6.07, 6.45) is 0. The van der Waals surface area contributed by atoms with Gasteiger partial charge < -0.3 is 4.74 Å². The van der Waals surface area contributed by atoms with Gasteiger partial charge in [0.15, 0.2) is 5.13 Å². The van der Waals surface area contributed by atoms with Crippen molar-refractivity contribution in [2.75, 3.05) is 11.8 Å². The Kier molecular flexibility index (Phi) is 4.34. The molecule has 0 aromatic carbocycles.